The zero-order valence-electron chi connectivity index (χ0n) is 15.3. The van der Waals surface area contributed by atoms with E-state index < -0.39 is 6.10 Å². The van der Waals surface area contributed by atoms with Crippen LogP contribution < -0.4 is 10.1 Å². The first-order valence-electron chi connectivity index (χ1n) is 8.73. The predicted octanol–water partition coefficient (Wildman–Crippen LogP) is 4.96. The molecule has 0 unspecified atom stereocenters. The highest BCUT2D eigenvalue weighted by molar-refractivity contribution is 5.96. The summed E-state index contributed by atoms with van der Waals surface area (Å²) in [6.07, 6.45) is -0.838. The summed E-state index contributed by atoms with van der Waals surface area (Å²) >= 11 is 0. The van der Waals surface area contributed by atoms with Crippen molar-refractivity contribution < 1.29 is 14.3 Å². The zero-order chi connectivity index (χ0) is 19.2. The molecular formula is C23H21NO3. The highest BCUT2D eigenvalue weighted by atomic mass is 16.5. The molecule has 0 aliphatic carbocycles. The van der Waals surface area contributed by atoms with E-state index in [1.165, 1.54) is 6.92 Å². The SMILES string of the molecule is CC(=O)c1cccc(O[C@H](C(=O)Nc2ccc(C)cc2)c2ccccc2)c1. The highest BCUT2D eigenvalue weighted by Gasteiger charge is 2.23. The van der Waals surface area contributed by atoms with E-state index in [0.29, 0.717) is 17.0 Å². The van der Waals surface area contributed by atoms with Gasteiger partial charge in [-0.25, -0.2) is 0 Å². The molecule has 1 atom stereocenters. The Balaban J connectivity index is 1.87. The molecule has 0 bridgehead atoms. The maximum atomic E-state index is 12.9. The number of nitrogens with one attached hydrogen (secondary N) is 1. The van der Waals surface area contributed by atoms with Gasteiger partial charge in [0.05, 0.1) is 0 Å². The van der Waals surface area contributed by atoms with Crippen molar-refractivity contribution in [2.45, 2.75) is 20.0 Å². The van der Waals surface area contributed by atoms with Crippen molar-refractivity contribution in [1.82, 2.24) is 0 Å². The van der Waals surface area contributed by atoms with Crippen molar-refractivity contribution in [3.63, 3.8) is 0 Å². The number of benzene rings is 3. The van der Waals surface area contributed by atoms with Crippen LogP contribution in [0.2, 0.25) is 0 Å². The number of carbonyl (C=O) groups is 2. The van der Waals surface area contributed by atoms with Gasteiger partial charge < -0.3 is 10.1 Å². The predicted molar refractivity (Wildman–Crippen MR) is 106 cm³/mol. The van der Waals surface area contributed by atoms with Crippen molar-refractivity contribution in [3.05, 3.63) is 95.6 Å². The normalized spacial score (nSPS) is 11.5. The number of hydrogen-bond donors (Lipinski definition) is 1. The molecule has 0 aromatic heterocycles. The Bertz CT molecular complexity index is 933. The molecule has 0 fully saturated rings. The number of aryl methyl sites for hydroxylation is 1. The molecule has 4 heteroatoms. The van der Waals surface area contributed by atoms with Crippen LogP contribution in [0.5, 0.6) is 5.75 Å². The van der Waals surface area contributed by atoms with Gasteiger partial charge in [-0.15, -0.1) is 0 Å². The monoisotopic (exact) mass is 359 g/mol. The van der Waals surface area contributed by atoms with Crippen LogP contribution in [0.15, 0.2) is 78.9 Å². The molecule has 4 nitrogen and oxygen atoms in total. The van der Waals surface area contributed by atoms with Gasteiger partial charge in [-0.2, -0.15) is 0 Å². The van der Waals surface area contributed by atoms with Crippen LogP contribution in [0.4, 0.5) is 5.69 Å². The highest BCUT2D eigenvalue weighted by Crippen LogP contribution is 2.25. The second kappa shape index (κ2) is 8.32. The Hall–Kier alpha value is -3.40. The van der Waals surface area contributed by atoms with E-state index in [4.69, 9.17) is 4.74 Å². The summed E-state index contributed by atoms with van der Waals surface area (Å²) in [5.74, 6) is 0.134. The van der Waals surface area contributed by atoms with Crippen molar-refractivity contribution in [1.29, 1.82) is 0 Å². The number of ketones is 1. The topological polar surface area (TPSA) is 55.4 Å². The second-order valence-electron chi connectivity index (χ2n) is 6.35. The fourth-order valence-corrected chi connectivity index (χ4v) is 2.67. The maximum absolute atomic E-state index is 12.9. The van der Waals surface area contributed by atoms with Gasteiger partial charge in [-0.3, -0.25) is 9.59 Å². The van der Waals surface area contributed by atoms with Gasteiger partial charge in [0.2, 0.25) is 6.10 Å². The van der Waals surface area contributed by atoms with Crippen molar-refractivity contribution in [2.75, 3.05) is 5.32 Å². The lowest BCUT2D eigenvalue weighted by Crippen LogP contribution is -2.25. The van der Waals surface area contributed by atoms with Gasteiger partial charge in [0.25, 0.3) is 5.91 Å². The quantitative estimate of drug-likeness (QED) is 0.633. The van der Waals surface area contributed by atoms with E-state index in [0.717, 1.165) is 11.1 Å². The average Bonchev–Trinajstić information content (AvgIpc) is 2.68. The van der Waals surface area contributed by atoms with Crippen LogP contribution in [0, 0.1) is 6.92 Å². The van der Waals surface area contributed by atoms with Crippen LogP contribution >= 0.6 is 0 Å². The summed E-state index contributed by atoms with van der Waals surface area (Å²) in [7, 11) is 0. The molecular weight excluding hydrogens is 338 g/mol. The molecule has 0 aliphatic heterocycles. The van der Waals surface area contributed by atoms with Crippen LogP contribution in [0.3, 0.4) is 0 Å². The Morgan fingerprint density at radius 1 is 0.889 bits per heavy atom. The van der Waals surface area contributed by atoms with Crippen molar-refractivity contribution >= 4 is 17.4 Å². The average molecular weight is 359 g/mol. The summed E-state index contributed by atoms with van der Waals surface area (Å²) < 4.78 is 5.98. The Kier molecular flexibility index (Phi) is 5.67. The molecule has 0 heterocycles. The van der Waals surface area contributed by atoms with E-state index >= 15 is 0 Å². The molecule has 0 spiro atoms. The van der Waals surface area contributed by atoms with Gasteiger partial charge in [0.1, 0.15) is 5.75 Å². The fraction of sp³-hybridized carbons (Fsp3) is 0.130. The van der Waals surface area contributed by atoms with E-state index in [2.05, 4.69) is 5.32 Å². The minimum absolute atomic E-state index is 0.0548. The third-order valence-corrected chi connectivity index (χ3v) is 4.15. The van der Waals surface area contributed by atoms with Crippen molar-refractivity contribution in [2.24, 2.45) is 0 Å². The van der Waals surface area contributed by atoms with E-state index in [1.807, 2.05) is 61.5 Å². The lowest BCUT2D eigenvalue weighted by molar-refractivity contribution is -0.123. The van der Waals surface area contributed by atoms with Gasteiger partial charge >= 0.3 is 0 Å². The number of carbonyl (C=O) groups excluding carboxylic acids is 2. The number of ether oxygens (including phenoxy) is 1. The van der Waals surface area contributed by atoms with E-state index in [-0.39, 0.29) is 11.7 Å². The first-order chi connectivity index (χ1) is 13.0. The molecule has 0 saturated heterocycles. The Morgan fingerprint density at radius 2 is 1.59 bits per heavy atom. The molecule has 27 heavy (non-hydrogen) atoms. The lowest BCUT2D eigenvalue weighted by Gasteiger charge is -2.19. The summed E-state index contributed by atoms with van der Waals surface area (Å²) in [6.45, 7) is 3.49. The first-order valence-corrected chi connectivity index (χ1v) is 8.73. The van der Waals surface area contributed by atoms with Crippen LogP contribution in [0.1, 0.15) is 34.5 Å². The maximum Gasteiger partial charge on any atom is 0.270 e. The second-order valence-corrected chi connectivity index (χ2v) is 6.35. The molecule has 3 rings (SSSR count). The number of Topliss-reactive ketones (excluding diaryl/α,β-unsaturated/α-hetero) is 1. The molecule has 3 aromatic rings. The Labute approximate surface area is 158 Å². The molecule has 0 saturated carbocycles. The summed E-state index contributed by atoms with van der Waals surface area (Å²) in [5, 5.41) is 2.89. The van der Waals surface area contributed by atoms with Crippen LogP contribution in [-0.4, -0.2) is 11.7 Å². The lowest BCUT2D eigenvalue weighted by atomic mass is 10.1. The third kappa shape index (κ3) is 4.82. The molecule has 0 radical (unpaired) electrons. The fourth-order valence-electron chi connectivity index (χ4n) is 2.67. The molecule has 1 N–H and O–H groups in total. The summed E-state index contributed by atoms with van der Waals surface area (Å²) in [6, 6.07) is 23.7. The molecule has 136 valence electrons. The van der Waals surface area contributed by atoms with E-state index in [1.54, 1.807) is 24.3 Å². The third-order valence-electron chi connectivity index (χ3n) is 4.15. The standard InChI is InChI=1S/C23H21NO3/c1-16-11-13-20(14-12-16)24-23(26)22(18-7-4-3-5-8-18)27-21-10-6-9-19(15-21)17(2)25/h3-15,22H,1-2H3,(H,24,26)/t22-/m0/s1. The largest absolute Gasteiger partial charge is 0.476 e. The van der Waals surface area contributed by atoms with Gasteiger partial charge in [0.15, 0.2) is 5.78 Å². The van der Waals surface area contributed by atoms with Gasteiger partial charge in [-0.1, -0.05) is 60.2 Å². The molecule has 1 amide bonds. The van der Waals surface area contributed by atoms with Crippen LogP contribution in [0.25, 0.3) is 0 Å². The zero-order valence-corrected chi connectivity index (χ0v) is 15.3. The molecule has 3 aromatic carbocycles. The number of rotatable bonds is 6. The minimum Gasteiger partial charge on any atom is -0.476 e. The number of hydrogen-bond acceptors (Lipinski definition) is 3. The first kappa shape index (κ1) is 18.4. The van der Waals surface area contributed by atoms with Gasteiger partial charge in [0, 0.05) is 16.8 Å². The van der Waals surface area contributed by atoms with Gasteiger partial charge in [-0.05, 0) is 38.1 Å². The minimum atomic E-state index is -0.838. The smallest absolute Gasteiger partial charge is 0.270 e. The van der Waals surface area contributed by atoms with Crippen LogP contribution in [-0.2, 0) is 4.79 Å². The summed E-state index contributed by atoms with van der Waals surface area (Å²) in [4.78, 5) is 24.5. The van der Waals surface area contributed by atoms with E-state index in [9.17, 15) is 9.59 Å². The summed E-state index contributed by atoms with van der Waals surface area (Å²) in [5.41, 5.74) is 3.09. The number of anilines is 1. The number of amides is 1. The van der Waals surface area contributed by atoms with Crippen molar-refractivity contribution in [3.8, 4) is 5.75 Å². The Morgan fingerprint density at radius 3 is 2.26 bits per heavy atom. The molecule has 0 aliphatic rings.